The van der Waals surface area contributed by atoms with Crippen LogP contribution < -0.4 is 4.72 Å². The molecule has 1 aromatic heterocycles. The van der Waals surface area contributed by atoms with E-state index in [1.807, 2.05) is 0 Å². The van der Waals surface area contributed by atoms with Crippen LogP contribution in [0.4, 0.5) is 10.2 Å². The molecule has 0 aliphatic rings. The molecular formula is C11H10FN3O2S. The highest BCUT2D eigenvalue weighted by Gasteiger charge is 2.21. The van der Waals surface area contributed by atoms with Crippen LogP contribution in [0.2, 0.25) is 0 Å². The molecule has 1 N–H and O–H groups in total. The zero-order valence-electron chi connectivity index (χ0n) is 9.46. The van der Waals surface area contributed by atoms with E-state index in [1.54, 1.807) is 0 Å². The molecule has 0 saturated carbocycles. The molecule has 2 rings (SSSR count). The Hall–Kier alpha value is -2.02. The Morgan fingerprint density at radius 2 is 2.06 bits per heavy atom. The molecule has 1 aromatic carbocycles. The molecule has 0 atom stereocenters. The van der Waals surface area contributed by atoms with Crippen LogP contribution in [0.15, 0.2) is 41.7 Å². The Kier molecular flexibility index (Phi) is 3.24. The number of halogens is 1. The number of sulfonamides is 1. The number of benzene rings is 1. The Balaban J connectivity index is 2.44. The van der Waals surface area contributed by atoms with Crippen molar-refractivity contribution < 1.29 is 12.8 Å². The van der Waals surface area contributed by atoms with Crippen LogP contribution in [0.1, 0.15) is 5.56 Å². The number of aromatic nitrogens is 2. The number of anilines is 1. The molecule has 0 saturated heterocycles. The molecule has 1 heterocycles. The Morgan fingerprint density at radius 1 is 1.28 bits per heavy atom. The second-order valence-electron chi connectivity index (χ2n) is 3.59. The predicted octanol–water partition coefficient (Wildman–Crippen LogP) is 1.72. The van der Waals surface area contributed by atoms with Crippen LogP contribution >= 0.6 is 0 Å². The Labute approximate surface area is 104 Å². The third kappa shape index (κ3) is 2.45. The summed E-state index contributed by atoms with van der Waals surface area (Å²) in [5, 5.41) is 0. The quantitative estimate of drug-likeness (QED) is 0.919. The molecule has 0 fully saturated rings. The molecule has 0 bridgehead atoms. The smallest absolute Gasteiger partial charge is 0.263 e. The van der Waals surface area contributed by atoms with Crippen LogP contribution in [0.25, 0.3) is 0 Å². The second kappa shape index (κ2) is 4.69. The van der Waals surface area contributed by atoms with Gasteiger partial charge in [-0.25, -0.2) is 22.8 Å². The van der Waals surface area contributed by atoms with Gasteiger partial charge in [-0.2, -0.15) is 0 Å². The molecule has 0 radical (unpaired) electrons. The minimum Gasteiger partial charge on any atom is -0.263 e. The van der Waals surface area contributed by atoms with Crippen molar-refractivity contribution in [3.8, 4) is 0 Å². The van der Waals surface area contributed by atoms with Gasteiger partial charge in [0.25, 0.3) is 10.0 Å². The van der Waals surface area contributed by atoms with E-state index >= 15 is 0 Å². The molecule has 2 aromatic rings. The van der Waals surface area contributed by atoms with Crippen molar-refractivity contribution >= 4 is 15.8 Å². The topological polar surface area (TPSA) is 72.0 Å². The Bertz CT molecular complexity index is 639. The molecule has 5 nitrogen and oxygen atoms in total. The van der Waals surface area contributed by atoms with Gasteiger partial charge in [0.1, 0.15) is 22.9 Å². The molecule has 0 aliphatic heterocycles. The van der Waals surface area contributed by atoms with Crippen molar-refractivity contribution in [2.24, 2.45) is 0 Å². The van der Waals surface area contributed by atoms with Gasteiger partial charge in [0.2, 0.25) is 0 Å². The molecule has 0 aliphatic carbocycles. The number of nitrogens with one attached hydrogen (secondary N) is 1. The average Bonchev–Trinajstić information content (AvgIpc) is 2.28. The lowest BCUT2D eigenvalue weighted by molar-refractivity contribution is 0.568. The summed E-state index contributed by atoms with van der Waals surface area (Å²) in [6.07, 6.45) is 2.59. The standard InChI is InChI=1S/C11H10FN3O2S/c1-8-3-2-4-9(12)11(8)18(16,17)15-10-5-6-13-7-14-10/h2-7H,1H3,(H,13,14,15). The summed E-state index contributed by atoms with van der Waals surface area (Å²) >= 11 is 0. The summed E-state index contributed by atoms with van der Waals surface area (Å²) in [4.78, 5) is 7.02. The van der Waals surface area contributed by atoms with Gasteiger partial charge in [-0.1, -0.05) is 12.1 Å². The average molecular weight is 267 g/mol. The zero-order valence-corrected chi connectivity index (χ0v) is 10.3. The van der Waals surface area contributed by atoms with Crippen LogP contribution in [-0.2, 0) is 10.0 Å². The van der Waals surface area contributed by atoms with Crippen molar-refractivity contribution in [1.29, 1.82) is 0 Å². The summed E-state index contributed by atoms with van der Waals surface area (Å²) in [6.45, 7) is 1.53. The van der Waals surface area contributed by atoms with Gasteiger partial charge in [-0.3, -0.25) is 4.72 Å². The van der Waals surface area contributed by atoms with E-state index in [0.29, 0.717) is 5.56 Å². The minimum absolute atomic E-state index is 0.0904. The fourth-order valence-electron chi connectivity index (χ4n) is 1.50. The number of rotatable bonds is 3. The highest BCUT2D eigenvalue weighted by Crippen LogP contribution is 2.20. The molecule has 0 unspecified atom stereocenters. The van der Waals surface area contributed by atoms with E-state index < -0.39 is 15.8 Å². The Morgan fingerprint density at radius 3 is 2.67 bits per heavy atom. The van der Waals surface area contributed by atoms with Crippen molar-refractivity contribution in [3.05, 3.63) is 48.2 Å². The number of hydrogen-bond donors (Lipinski definition) is 1. The monoisotopic (exact) mass is 267 g/mol. The van der Waals surface area contributed by atoms with Crippen LogP contribution in [-0.4, -0.2) is 18.4 Å². The first-order chi connectivity index (χ1) is 8.50. The highest BCUT2D eigenvalue weighted by atomic mass is 32.2. The van der Waals surface area contributed by atoms with E-state index in [-0.39, 0.29) is 10.7 Å². The SMILES string of the molecule is Cc1cccc(F)c1S(=O)(=O)Nc1ccncn1. The number of nitrogens with zero attached hydrogens (tertiary/aromatic N) is 2. The van der Waals surface area contributed by atoms with E-state index in [4.69, 9.17) is 0 Å². The zero-order chi connectivity index (χ0) is 13.2. The van der Waals surface area contributed by atoms with Crippen LogP contribution in [0.5, 0.6) is 0 Å². The summed E-state index contributed by atoms with van der Waals surface area (Å²) in [7, 11) is -3.99. The normalized spacial score (nSPS) is 11.2. The van der Waals surface area contributed by atoms with Gasteiger partial charge in [-0.05, 0) is 24.6 Å². The third-order valence-electron chi connectivity index (χ3n) is 2.25. The first-order valence-electron chi connectivity index (χ1n) is 5.04. The fraction of sp³-hybridized carbons (Fsp3) is 0.0909. The van der Waals surface area contributed by atoms with Crippen molar-refractivity contribution in [1.82, 2.24) is 9.97 Å². The number of aryl methyl sites for hydroxylation is 1. The van der Waals surface area contributed by atoms with E-state index in [2.05, 4.69) is 14.7 Å². The summed E-state index contributed by atoms with van der Waals surface area (Å²) < 4.78 is 39.9. The van der Waals surface area contributed by atoms with Crippen LogP contribution in [0.3, 0.4) is 0 Å². The summed E-state index contributed by atoms with van der Waals surface area (Å²) in [6, 6.07) is 5.46. The van der Waals surface area contributed by atoms with Crippen molar-refractivity contribution in [2.45, 2.75) is 11.8 Å². The van der Waals surface area contributed by atoms with Gasteiger partial charge in [-0.15, -0.1) is 0 Å². The number of hydrogen-bond acceptors (Lipinski definition) is 4. The lowest BCUT2D eigenvalue weighted by atomic mass is 10.2. The van der Waals surface area contributed by atoms with Gasteiger partial charge in [0.05, 0.1) is 0 Å². The maximum Gasteiger partial charge on any atom is 0.266 e. The van der Waals surface area contributed by atoms with E-state index in [0.717, 1.165) is 6.07 Å². The minimum atomic E-state index is -3.99. The maximum atomic E-state index is 13.6. The lowest BCUT2D eigenvalue weighted by Gasteiger charge is -2.09. The van der Waals surface area contributed by atoms with Gasteiger partial charge >= 0.3 is 0 Å². The molecular weight excluding hydrogens is 257 g/mol. The van der Waals surface area contributed by atoms with Gasteiger partial charge in [0.15, 0.2) is 0 Å². The first-order valence-corrected chi connectivity index (χ1v) is 6.53. The molecule has 0 amide bonds. The fourth-order valence-corrected chi connectivity index (χ4v) is 2.81. The predicted molar refractivity (Wildman–Crippen MR) is 64.0 cm³/mol. The molecule has 0 spiro atoms. The first kappa shape index (κ1) is 12.4. The largest absolute Gasteiger partial charge is 0.266 e. The maximum absolute atomic E-state index is 13.6. The molecule has 94 valence electrons. The lowest BCUT2D eigenvalue weighted by Crippen LogP contribution is -2.16. The molecule has 18 heavy (non-hydrogen) atoms. The van der Waals surface area contributed by atoms with Gasteiger partial charge < -0.3 is 0 Å². The highest BCUT2D eigenvalue weighted by molar-refractivity contribution is 7.92. The molecule has 7 heteroatoms. The summed E-state index contributed by atoms with van der Waals surface area (Å²) in [5.41, 5.74) is 0.330. The summed E-state index contributed by atoms with van der Waals surface area (Å²) in [5.74, 6) is -0.704. The van der Waals surface area contributed by atoms with Crippen LogP contribution in [0, 0.1) is 12.7 Å². The third-order valence-corrected chi connectivity index (χ3v) is 3.79. The second-order valence-corrected chi connectivity index (χ2v) is 5.21. The van der Waals surface area contributed by atoms with Crippen molar-refractivity contribution in [2.75, 3.05) is 4.72 Å². The van der Waals surface area contributed by atoms with Crippen molar-refractivity contribution in [3.63, 3.8) is 0 Å². The van der Waals surface area contributed by atoms with E-state index in [1.165, 1.54) is 37.6 Å². The van der Waals surface area contributed by atoms with Gasteiger partial charge in [0, 0.05) is 6.20 Å². The van der Waals surface area contributed by atoms with E-state index in [9.17, 15) is 12.8 Å².